The molecule has 0 radical (unpaired) electrons. The van der Waals surface area contributed by atoms with E-state index in [1.807, 2.05) is 19.9 Å². The Morgan fingerprint density at radius 1 is 1.04 bits per heavy atom. The Kier molecular flexibility index (Phi) is 3.81. The predicted molar refractivity (Wildman–Crippen MR) is 90.9 cm³/mol. The Morgan fingerprint density at radius 3 is 2.42 bits per heavy atom. The minimum atomic E-state index is -1.15. The Bertz CT molecular complexity index is 1080. The Hall–Kier alpha value is -3.15. The Morgan fingerprint density at radius 2 is 1.75 bits per heavy atom. The van der Waals surface area contributed by atoms with Crippen molar-refractivity contribution in [2.75, 3.05) is 0 Å². The van der Waals surface area contributed by atoms with Gasteiger partial charge in [-0.2, -0.15) is 0 Å². The molecule has 0 saturated carbocycles. The van der Waals surface area contributed by atoms with Gasteiger partial charge in [0.25, 0.3) is 5.56 Å². The maximum Gasteiger partial charge on any atom is 0.336 e. The van der Waals surface area contributed by atoms with E-state index >= 15 is 0 Å². The van der Waals surface area contributed by atoms with Crippen LogP contribution in [0.2, 0.25) is 0 Å². The van der Waals surface area contributed by atoms with Crippen molar-refractivity contribution >= 4 is 16.9 Å². The molecule has 6 nitrogen and oxygen atoms in total. The molecule has 1 aromatic heterocycles. The number of carboxylic acid groups (broad SMARTS) is 1. The van der Waals surface area contributed by atoms with Crippen LogP contribution in [-0.4, -0.2) is 20.2 Å². The van der Waals surface area contributed by atoms with Crippen molar-refractivity contribution in [1.82, 2.24) is 9.13 Å². The largest absolute Gasteiger partial charge is 0.480 e. The van der Waals surface area contributed by atoms with Crippen molar-refractivity contribution in [3.05, 3.63) is 74.4 Å². The molecule has 0 aliphatic carbocycles. The molecule has 0 aliphatic rings. The normalized spacial score (nSPS) is 10.9. The first-order chi connectivity index (χ1) is 11.4. The van der Waals surface area contributed by atoms with Gasteiger partial charge in [0, 0.05) is 0 Å². The molecule has 0 fully saturated rings. The number of hydrogen-bond donors (Lipinski definition) is 1. The third kappa shape index (κ3) is 2.52. The summed E-state index contributed by atoms with van der Waals surface area (Å²) in [5.41, 5.74) is 1.60. The van der Waals surface area contributed by atoms with E-state index in [4.69, 9.17) is 5.11 Å². The monoisotopic (exact) mass is 324 g/mol. The summed E-state index contributed by atoms with van der Waals surface area (Å²) in [7, 11) is 0. The molecule has 1 heterocycles. The van der Waals surface area contributed by atoms with E-state index in [0.717, 1.165) is 20.3 Å². The van der Waals surface area contributed by atoms with Gasteiger partial charge in [0.2, 0.25) is 0 Å². The lowest BCUT2D eigenvalue weighted by Crippen LogP contribution is -2.40. The molecular formula is C18H16N2O4. The standard InChI is InChI=1S/C18H16N2O4/c1-11-7-8-13(9-12(11)2)20-17(23)14-5-3-4-6-15(14)19(18(20)24)10-16(21)22/h3-9H,10H2,1-2H3,(H,21,22). The summed E-state index contributed by atoms with van der Waals surface area (Å²) >= 11 is 0. The molecule has 2 aromatic carbocycles. The fourth-order valence-corrected chi connectivity index (χ4v) is 2.70. The number of carboxylic acids is 1. The molecule has 6 heteroatoms. The van der Waals surface area contributed by atoms with Crippen LogP contribution in [0.3, 0.4) is 0 Å². The number of aromatic nitrogens is 2. The molecule has 0 atom stereocenters. The second kappa shape index (κ2) is 5.81. The lowest BCUT2D eigenvalue weighted by atomic mass is 10.1. The van der Waals surface area contributed by atoms with Crippen LogP contribution in [0.1, 0.15) is 11.1 Å². The topological polar surface area (TPSA) is 81.3 Å². The first-order valence-corrected chi connectivity index (χ1v) is 7.44. The van der Waals surface area contributed by atoms with Gasteiger partial charge in [0.1, 0.15) is 6.54 Å². The van der Waals surface area contributed by atoms with Gasteiger partial charge in [-0.15, -0.1) is 0 Å². The second-order valence-corrected chi connectivity index (χ2v) is 5.69. The highest BCUT2D eigenvalue weighted by Crippen LogP contribution is 2.13. The van der Waals surface area contributed by atoms with Gasteiger partial charge < -0.3 is 5.11 Å². The molecule has 0 saturated heterocycles. The highest BCUT2D eigenvalue weighted by atomic mass is 16.4. The Labute approximate surface area is 137 Å². The van der Waals surface area contributed by atoms with Crippen LogP contribution >= 0.6 is 0 Å². The number of aryl methyl sites for hydroxylation is 2. The first-order valence-electron chi connectivity index (χ1n) is 7.44. The molecule has 122 valence electrons. The molecule has 3 aromatic rings. The molecule has 1 N–H and O–H groups in total. The molecule has 0 amide bonds. The van der Waals surface area contributed by atoms with Gasteiger partial charge >= 0.3 is 11.7 Å². The first kappa shape index (κ1) is 15.7. The van der Waals surface area contributed by atoms with Gasteiger partial charge in [0.15, 0.2) is 0 Å². The minimum Gasteiger partial charge on any atom is -0.480 e. The minimum absolute atomic E-state index is 0.302. The average molecular weight is 324 g/mol. The van der Waals surface area contributed by atoms with Crippen LogP contribution < -0.4 is 11.2 Å². The maximum atomic E-state index is 12.8. The molecule has 0 aliphatic heterocycles. The number of aliphatic carboxylic acids is 1. The molecule has 0 spiro atoms. The third-order valence-electron chi connectivity index (χ3n) is 4.09. The van der Waals surface area contributed by atoms with E-state index in [-0.39, 0.29) is 0 Å². The number of nitrogens with zero attached hydrogens (tertiary/aromatic N) is 2. The summed E-state index contributed by atoms with van der Waals surface area (Å²) in [5, 5.41) is 9.42. The van der Waals surface area contributed by atoms with Gasteiger partial charge in [0.05, 0.1) is 16.6 Å². The van der Waals surface area contributed by atoms with E-state index in [1.165, 1.54) is 0 Å². The van der Waals surface area contributed by atoms with Gasteiger partial charge in [-0.25, -0.2) is 9.36 Å². The molecule has 3 rings (SSSR count). The van der Waals surface area contributed by atoms with Gasteiger partial charge in [-0.1, -0.05) is 18.2 Å². The maximum absolute atomic E-state index is 12.8. The van der Waals surface area contributed by atoms with E-state index in [9.17, 15) is 14.4 Å². The second-order valence-electron chi connectivity index (χ2n) is 5.69. The molecule has 0 unspecified atom stereocenters. The van der Waals surface area contributed by atoms with E-state index in [2.05, 4.69) is 0 Å². The van der Waals surface area contributed by atoms with Crippen LogP contribution in [0.15, 0.2) is 52.1 Å². The predicted octanol–water partition coefficient (Wildman–Crippen LogP) is 1.85. The van der Waals surface area contributed by atoms with Crippen LogP contribution in [-0.2, 0) is 11.3 Å². The average Bonchev–Trinajstić information content (AvgIpc) is 2.55. The van der Waals surface area contributed by atoms with Gasteiger partial charge in [-0.05, 0) is 49.2 Å². The third-order valence-corrected chi connectivity index (χ3v) is 4.09. The lowest BCUT2D eigenvalue weighted by molar-refractivity contribution is -0.137. The zero-order valence-electron chi connectivity index (χ0n) is 13.3. The van der Waals surface area contributed by atoms with E-state index < -0.39 is 23.8 Å². The fourth-order valence-electron chi connectivity index (χ4n) is 2.70. The summed E-state index contributed by atoms with van der Waals surface area (Å²) in [5.74, 6) is -1.15. The van der Waals surface area contributed by atoms with Crippen LogP contribution in [0.5, 0.6) is 0 Å². The number of carbonyl (C=O) groups is 1. The zero-order chi connectivity index (χ0) is 17.4. The SMILES string of the molecule is Cc1ccc(-n2c(=O)c3ccccc3n(CC(=O)O)c2=O)cc1C. The molecule has 24 heavy (non-hydrogen) atoms. The van der Waals surface area contributed by atoms with E-state index in [1.54, 1.807) is 36.4 Å². The summed E-state index contributed by atoms with van der Waals surface area (Å²) in [4.78, 5) is 36.7. The number of benzene rings is 2. The van der Waals surface area contributed by atoms with Gasteiger partial charge in [-0.3, -0.25) is 14.2 Å². The Balaban J connectivity index is 2.44. The smallest absolute Gasteiger partial charge is 0.336 e. The fraction of sp³-hybridized carbons (Fsp3) is 0.167. The summed E-state index contributed by atoms with van der Waals surface area (Å²) in [6.45, 7) is 3.32. The number of hydrogen-bond acceptors (Lipinski definition) is 3. The number of rotatable bonds is 3. The number of fused-ring (bicyclic) bond motifs is 1. The van der Waals surface area contributed by atoms with Crippen molar-refractivity contribution in [2.24, 2.45) is 0 Å². The van der Waals surface area contributed by atoms with E-state index in [0.29, 0.717) is 16.6 Å². The summed E-state index contributed by atoms with van der Waals surface area (Å²) < 4.78 is 2.13. The van der Waals surface area contributed by atoms with Crippen molar-refractivity contribution in [3.63, 3.8) is 0 Å². The molecular weight excluding hydrogens is 308 g/mol. The van der Waals surface area contributed by atoms with Crippen molar-refractivity contribution in [2.45, 2.75) is 20.4 Å². The summed E-state index contributed by atoms with van der Waals surface area (Å²) in [6.07, 6.45) is 0. The molecule has 0 bridgehead atoms. The van der Waals surface area contributed by atoms with Crippen molar-refractivity contribution in [1.29, 1.82) is 0 Å². The number of para-hydroxylation sites is 1. The van der Waals surface area contributed by atoms with Crippen LogP contribution in [0.4, 0.5) is 0 Å². The lowest BCUT2D eigenvalue weighted by Gasteiger charge is -2.13. The summed E-state index contributed by atoms with van der Waals surface area (Å²) in [6, 6.07) is 11.8. The highest BCUT2D eigenvalue weighted by molar-refractivity contribution is 5.80. The van der Waals surface area contributed by atoms with Crippen molar-refractivity contribution in [3.8, 4) is 5.69 Å². The van der Waals surface area contributed by atoms with Crippen LogP contribution in [0.25, 0.3) is 16.6 Å². The van der Waals surface area contributed by atoms with Crippen molar-refractivity contribution < 1.29 is 9.90 Å². The quantitative estimate of drug-likeness (QED) is 0.797. The van der Waals surface area contributed by atoms with Crippen LogP contribution in [0, 0.1) is 13.8 Å². The zero-order valence-corrected chi connectivity index (χ0v) is 13.3. The highest BCUT2D eigenvalue weighted by Gasteiger charge is 2.16.